The van der Waals surface area contributed by atoms with Crippen molar-refractivity contribution in [3.05, 3.63) is 20.8 Å². The van der Waals surface area contributed by atoms with Gasteiger partial charge in [0.2, 0.25) is 0 Å². The molecule has 0 spiro atoms. The minimum absolute atomic E-state index is 0.714. The Bertz CT molecular complexity index is 350. The third kappa shape index (κ3) is 4.97. The molecule has 1 aliphatic heterocycles. The van der Waals surface area contributed by atoms with E-state index in [-0.39, 0.29) is 0 Å². The van der Waals surface area contributed by atoms with Gasteiger partial charge < -0.3 is 15.5 Å². The van der Waals surface area contributed by atoms with Gasteiger partial charge in [-0.1, -0.05) is 6.92 Å². The van der Waals surface area contributed by atoms with E-state index in [1.807, 2.05) is 11.3 Å². The monoisotopic (exact) mass is 331 g/mol. The summed E-state index contributed by atoms with van der Waals surface area (Å²) in [5, 5.41) is 9.09. The van der Waals surface area contributed by atoms with Crippen LogP contribution in [-0.2, 0) is 6.54 Å². The normalized spacial score (nSPS) is 19.0. The molecule has 18 heavy (non-hydrogen) atoms. The molecule has 102 valence electrons. The Morgan fingerprint density at radius 1 is 1.50 bits per heavy atom. The van der Waals surface area contributed by atoms with Crippen LogP contribution < -0.4 is 10.6 Å². The molecule has 1 aromatic heterocycles. The van der Waals surface area contributed by atoms with Gasteiger partial charge in [0.05, 0.1) is 0 Å². The Morgan fingerprint density at radius 2 is 2.28 bits per heavy atom. The highest BCUT2D eigenvalue weighted by Gasteiger charge is 2.12. The van der Waals surface area contributed by atoms with E-state index in [9.17, 15) is 0 Å². The van der Waals surface area contributed by atoms with E-state index in [1.54, 1.807) is 0 Å². The second kappa shape index (κ2) is 7.60. The Balaban J connectivity index is 1.60. The van der Waals surface area contributed by atoms with Crippen LogP contribution >= 0.6 is 27.3 Å². The molecule has 3 nitrogen and oxygen atoms in total. The van der Waals surface area contributed by atoms with Gasteiger partial charge in [0.1, 0.15) is 0 Å². The molecule has 0 radical (unpaired) electrons. The van der Waals surface area contributed by atoms with Crippen molar-refractivity contribution in [2.75, 3.05) is 39.3 Å². The highest BCUT2D eigenvalue weighted by Crippen LogP contribution is 2.19. The molecule has 5 heteroatoms. The van der Waals surface area contributed by atoms with Gasteiger partial charge in [-0.3, -0.25) is 0 Å². The first kappa shape index (κ1) is 14.5. The van der Waals surface area contributed by atoms with Crippen molar-refractivity contribution in [3.63, 3.8) is 0 Å². The highest BCUT2D eigenvalue weighted by molar-refractivity contribution is 9.10. The van der Waals surface area contributed by atoms with E-state index in [2.05, 4.69) is 49.8 Å². The largest absolute Gasteiger partial charge is 0.314 e. The number of rotatable bonds is 6. The minimum Gasteiger partial charge on any atom is -0.314 e. The molecule has 1 aromatic rings. The first-order valence-electron chi connectivity index (χ1n) is 6.61. The zero-order chi connectivity index (χ0) is 12.8. The number of nitrogens with zero attached hydrogens (tertiary/aromatic N) is 1. The summed E-state index contributed by atoms with van der Waals surface area (Å²) in [4.78, 5) is 3.96. The molecule has 2 rings (SSSR count). The fraction of sp³-hybridized carbons (Fsp3) is 0.692. The lowest BCUT2D eigenvalue weighted by atomic mass is 10.1. The molecule has 1 fully saturated rings. The molecule has 2 N–H and O–H groups in total. The van der Waals surface area contributed by atoms with Crippen molar-refractivity contribution in [2.45, 2.75) is 13.5 Å². The maximum atomic E-state index is 3.55. The molecule has 0 bridgehead atoms. The number of halogens is 1. The van der Waals surface area contributed by atoms with Gasteiger partial charge in [-0.05, 0) is 34.5 Å². The van der Waals surface area contributed by atoms with E-state index >= 15 is 0 Å². The summed E-state index contributed by atoms with van der Waals surface area (Å²) in [5.74, 6) is 0.714. The van der Waals surface area contributed by atoms with Crippen LogP contribution in [0, 0.1) is 5.92 Å². The summed E-state index contributed by atoms with van der Waals surface area (Å²) in [6.07, 6.45) is 0. The average molecular weight is 332 g/mol. The topological polar surface area (TPSA) is 27.3 Å². The molecule has 2 heterocycles. The standard InChI is InChI=1S/C13H22BrN3S/c1-11(9-17-4-2-15-3-5-17)7-16-8-13-6-12(14)10-18-13/h6,10-11,15-16H,2-5,7-9H2,1H3. The zero-order valence-electron chi connectivity index (χ0n) is 10.9. The van der Waals surface area contributed by atoms with Crippen molar-refractivity contribution in [1.82, 2.24) is 15.5 Å². The smallest absolute Gasteiger partial charge is 0.0300 e. The fourth-order valence-corrected chi connectivity index (χ4v) is 3.71. The number of piperazine rings is 1. The summed E-state index contributed by atoms with van der Waals surface area (Å²) in [7, 11) is 0. The molecule has 1 saturated heterocycles. The van der Waals surface area contributed by atoms with E-state index in [4.69, 9.17) is 0 Å². The van der Waals surface area contributed by atoms with Crippen molar-refractivity contribution in [1.29, 1.82) is 0 Å². The zero-order valence-corrected chi connectivity index (χ0v) is 13.3. The Hall–Kier alpha value is 0.0600. The lowest BCUT2D eigenvalue weighted by molar-refractivity contribution is 0.209. The van der Waals surface area contributed by atoms with Crippen LogP contribution in [0.1, 0.15) is 11.8 Å². The molecular formula is C13H22BrN3S. The van der Waals surface area contributed by atoms with Crippen LogP contribution in [0.3, 0.4) is 0 Å². The van der Waals surface area contributed by atoms with Gasteiger partial charge in [0.15, 0.2) is 0 Å². The molecule has 0 saturated carbocycles. The third-order valence-electron chi connectivity index (χ3n) is 3.19. The first-order chi connectivity index (χ1) is 8.74. The second-order valence-corrected chi connectivity index (χ2v) is 6.93. The van der Waals surface area contributed by atoms with Crippen molar-refractivity contribution < 1.29 is 0 Å². The van der Waals surface area contributed by atoms with Crippen LogP contribution in [0.15, 0.2) is 15.9 Å². The fourth-order valence-electron chi connectivity index (χ4n) is 2.29. The van der Waals surface area contributed by atoms with Crippen molar-refractivity contribution in [3.8, 4) is 0 Å². The number of thiophene rings is 1. The number of hydrogen-bond donors (Lipinski definition) is 2. The van der Waals surface area contributed by atoms with E-state index < -0.39 is 0 Å². The van der Waals surface area contributed by atoms with Gasteiger partial charge in [0, 0.05) is 54.0 Å². The average Bonchev–Trinajstić information content (AvgIpc) is 2.76. The first-order valence-corrected chi connectivity index (χ1v) is 8.28. The lowest BCUT2D eigenvalue weighted by Crippen LogP contribution is -2.45. The molecule has 1 unspecified atom stereocenters. The molecule has 1 aliphatic rings. The Labute approximate surface area is 122 Å². The van der Waals surface area contributed by atoms with Crippen LogP contribution in [-0.4, -0.2) is 44.2 Å². The van der Waals surface area contributed by atoms with Crippen LogP contribution in [0.25, 0.3) is 0 Å². The van der Waals surface area contributed by atoms with Crippen LogP contribution in [0.2, 0.25) is 0 Å². The molecule has 0 aromatic carbocycles. The molecule has 0 amide bonds. The van der Waals surface area contributed by atoms with Gasteiger partial charge in [0.25, 0.3) is 0 Å². The van der Waals surface area contributed by atoms with E-state index in [0.29, 0.717) is 5.92 Å². The van der Waals surface area contributed by atoms with Crippen molar-refractivity contribution >= 4 is 27.3 Å². The highest BCUT2D eigenvalue weighted by atomic mass is 79.9. The number of hydrogen-bond acceptors (Lipinski definition) is 4. The second-order valence-electron chi connectivity index (χ2n) is 5.02. The van der Waals surface area contributed by atoms with Crippen molar-refractivity contribution in [2.24, 2.45) is 5.92 Å². The maximum absolute atomic E-state index is 3.55. The summed E-state index contributed by atoms with van der Waals surface area (Å²) in [5.41, 5.74) is 0. The van der Waals surface area contributed by atoms with Gasteiger partial charge in [-0.2, -0.15) is 0 Å². The molecule has 0 aliphatic carbocycles. The third-order valence-corrected chi connectivity index (χ3v) is 4.89. The van der Waals surface area contributed by atoms with Gasteiger partial charge >= 0.3 is 0 Å². The van der Waals surface area contributed by atoms with Gasteiger partial charge in [-0.25, -0.2) is 0 Å². The summed E-state index contributed by atoms with van der Waals surface area (Å²) in [6.45, 7) is 10.3. The molecule has 1 atom stereocenters. The minimum atomic E-state index is 0.714. The predicted molar refractivity (Wildman–Crippen MR) is 82.2 cm³/mol. The quantitative estimate of drug-likeness (QED) is 0.836. The SMILES string of the molecule is CC(CNCc1cc(Br)cs1)CN1CCNCC1. The summed E-state index contributed by atoms with van der Waals surface area (Å²) >= 11 is 5.30. The van der Waals surface area contributed by atoms with E-state index in [0.717, 1.165) is 26.2 Å². The Morgan fingerprint density at radius 3 is 2.94 bits per heavy atom. The summed E-state index contributed by atoms with van der Waals surface area (Å²) < 4.78 is 1.19. The summed E-state index contributed by atoms with van der Waals surface area (Å²) in [6, 6.07) is 2.19. The molecular weight excluding hydrogens is 310 g/mol. The van der Waals surface area contributed by atoms with Crippen LogP contribution in [0.5, 0.6) is 0 Å². The van der Waals surface area contributed by atoms with Crippen LogP contribution in [0.4, 0.5) is 0 Å². The lowest BCUT2D eigenvalue weighted by Gasteiger charge is -2.29. The van der Waals surface area contributed by atoms with Gasteiger partial charge in [-0.15, -0.1) is 11.3 Å². The maximum Gasteiger partial charge on any atom is 0.0300 e. The van der Waals surface area contributed by atoms with E-state index in [1.165, 1.54) is 29.0 Å². The predicted octanol–water partition coefficient (Wildman–Crippen LogP) is 2.14. The Kier molecular flexibility index (Phi) is 6.11. The number of nitrogens with one attached hydrogen (secondary N) is 2.